The Bertz CT molecular complexity index is 504. The van der Waals surface area contributed by atoms with E-state index in [4.69, 9.17) is 0 Å². The van der Waals surface area contributed by atoms with Gasteiger partial charge in [0.05, 0.1) is 5.60 Å². The molecule has 0 fully saturated rings. The number of nitrogens with one attached hydrogen (secondary N) is 1. The second kappa shape index (κ2) is 5.83. The topological polar surface area (TPSA) is 32.3 Å². The average Bonchev–Trinajstić information content (AvgIpc) is 2.82. The van der Waals surface area contributed by atoms with Crippen LogP contribution in [-0.4, -0.2) is 18.2 Å². The van der Waals surface area contributed by atoms with Gasteiger partial charge in [-0.15, -0.1) is 11.3 Å². The van der Waals surface area contributed by atoms with Gasteiger partial charge in [-0.05, 0) is 49.7 Å². The van der Waals surface area contributed by atoms with E-state index in [0.717, 1.165) is 31.5 Å². The van der Waals surface area contributed by atoms with Gasteiger partial charge in [0.1, 0.15) is 0 Å². The van der Waals surface area contributed by atoms with E-state index in [-0.39, 0.29) is 0 Å². The second-order valence-electron chi connectivity index (χ2n) is 4.92. The third kappa shape index (κ3) is 2.91. The molecule has 2 nitrogen and oxygen atoms in total. The summed E-state index contributed by atoms with van der Waals surface area (Å²) in [6.07, 6.45) is 1.87. The summed E-state index contributed by atoms with van der Waals surface area (Å²) in [7, 11) is 0. The van der Waals surface area contributed by atoms with Crippen LogP contribution in [0.5, 0.6) is 0 Å². The van der Waals surface area contributed by atoms with E-state index >= 15 is 0 Å². The highest BCUT2D eigenvalue weighted by Crippen LogP contribution is 2.33. The van der Waals surface area contributed by atoms with E-state index in [0.29, 0.717) is 0 Å². The first kappa shape index (κ1) is 13.5. The van der Waals surface area contributed by atoms with Crippen molar-refractivity contribution in [1.29, 1.82) is 0 Å². The standard InChI is InChI=1S/C15H21NOS/c1-3-9-16-10-8-15(2,17)13-6-4-5-12-7-11-18-14(12)13/h4-7,11,16-17H,3,8-10H2,1-2H3. The molecular formula is C15H21NOS. The lowest BCUT2D eigenvalue weighted by atomic mass is 9.92. The predicted octanol–water partition coefficient (Wildman–Crippen LogP) is 3.50. The van der Waals surface area contributed by atoms with E-state index in [1.807, 2.05) is 19.1 Å². The first-order valence-corrected chi connectivity index (χ1v) is 7.43. The maximum atomic E-state index is 10.7. The first-order chi connectivity index (χ1) is 8.65. The Balaban J connectivity index is 2.15. The molecule has 18 heavy (non-hydrogen) atoms. The van der Waals surface area contributed by atoms with Gasteiger partial charge in [-0.25, -0.2) is 0 Å². The number of benzene rings is 1. The molecular weight excluding hydrogens is 242 g/mol. The van der Waals surface area contributed by atoms with Crippen LogP contribution in [-0.2, 0) is 5.60 Å². The zero-order valence-corrected chi connectivity index (χ0v) is 11.9. The van der Waals surface area contributed by atoms with Crippen molar-refractivity contribution in [3.05, 3.63) is 35.2 Å². The Morgan fingerprint density at radius 3 is 2.89 bits per heavy atom. The van der Waals surface area contributed by atoms with Crippen LogP contribution >= 0.6 is 11.3 Å². The molecule has 1 atom stereocenters. The fourth-order valence-corrected chi connectivity index (χ4v) is 3.22. The van der Waals surface area contributed by atoms with Crippen molar-refractivity contribution in [3.8, 4) is 0 Å². The van der Waals surface area contributed by atoms with Crippen LogP contribution < -0.4 is 5.32 Å². The van der Waals surface area contributed by atoms with Crippen LogP contribution in [0.15, 0.2) is 29.6 Å². The van der Waals surface area contributed by atoms with Crippen molar-refractivity contribution in [3.63, 3.8) is 0 Å². The summed E-state index contributed by atoms with van der Waals surface area (Å²) in [4.78, 5) is 0. The molecule has 0 saturated carbocycles. The normalized spacial score (nSPS) is 14.8. The number of thiophene rings is 1. The highest BCUT2D eigenvalue weighted by Gasteiger charge is 2.24. The SMILES string of the molecule is CCCNCCC(C)(O)c1cccc2ccsc12. The van der Waals surface area contributed by atoms with Crippen molar-refractivity contribution in [1.82, 2.24) is 5.32 Å². The number of hydrogen-bond acceptors (Lipinski definition) is 3. The van der Waals surface area contributed by atoms with Gasteiger partial charge in [-0.2, -0.15) is 0 Å². The van der Waals surface area contributed by atoms with Crippen molar-refractivity contribution < 1.29 is 5.11 Å². The lowest BCUT2D eigenvalue weighted by Crippen LogP contribution is -2.28. The molecule has 0 spiro atoms. The summed E-state index contributed by atoms with van der Waals surface area (Å²) in [5.41, 5.74) is 0.291. The molecule has 1 heterocycles. The van der Waals surface area contributed by atoms with E-state index in [1.165, 1.54) is 10.1 Å². The minimum Gasteiger partial charge on any atom is -0.385 e. The van der Waals surface area contributed by atoms with E-state index in [1.54, 1.807) is 11.3 Å². The maximum Gasteiger partial charge on any atom is 0.0894 e. The Kier molecular flexibility index (Phi) is 4.38. The number of rotatable bonds is 6. The van der Waals surface area contributed by atoms with Gasteiger partial charge >= 0.3 is 0 Å². The van der Waals surface area contributed by atoms with Gasteiger partial charge in [0.15, 0.2) is 0 Å². The zero-order valence-electron chi connectivity index (χ0n) is 11.1. The molecule has 2 aromatic rings. The van der Waals surface area contributed by atoms with Crippen LogP contribution in [0.3, 0.4) is 0 Å². The average molecular weight is 263 g/mol. The predicted molar refractivity (Wildman–Crippen MR) is 79.2 cm³/mol. The van der Waals surface area contributed by atoms with Crippen molar-refractivity contribution >= 4 is 21.4 Å². The molecule has 0 saturated heterocycles. The van der Waals surface area contributed by atoms with Crippen molar-refractivity contribution in [2.24, 2.45) is 0 Å². The minimum atomic E-state index is -0.759. The highest BCUT2D eigenvalue weighted by atomic mass is 32.1. The minimum absolute atomic E-state index is 0.740. The summed E-state index contributed by atoms with van der Waals surface area (Å²) < 4.78 is 1.21. The molecule has 0 aliphatic carbocycles. The summed E-state index contributed by atoms with van der Waals surface area (Å²) >= 11 is 1.70. The summed E-state index contributed by atoms with van der Waals surface area (Å²) in [5, 5.41) is 17.3. The smallest absolute Gasteiger partial charge is 0.0894 e. The quantitative estimate of drug-likeness (QED) is 0.782. The molecule has 0 aliphatic rings. The van der Waals surface area contributed by atoms with E-state index < -0.39 is 5.60 Å². The van der Waals surface area contributed by atoms with Gasteiger partial charge in [0, 0.05) is 10.3 Å². The van der Waals surface area contributed by atoms with Crippen LogP contribution in [0.25, 0.3) is 10.1 Å². The monoisotopic (exact) mass is 263 g/mol. The zero-order chi connectivity index (χ0) is 13.0. The third-order valence-corrected chi connectivity index (χ3v) is 4.24. The van der Waals surface area contributed by atoms with Gasteiger partial charge in [-0.3, -0.25) is 0 Å². The number of aliphatic hydroxyl groups is 1. The van der Waals surface area contributed by atoms with Crippen LogP contribution in [0, 0.1) is 0 Å². The summed E-state index contributed by atoms with van der Waals surface area (Å²) in [5.74, 6) is 0. The van der Waals surface area contributed by atoms with Gasteiger partial charge in [0.25, 0.3) is 0 Å². The Morgan fingerprint density at radius 2 is 2.11 bits per heavy atom. The lowest BCUT2D eigenvalue weighted by molar-refractivity contribution is 0.0497. The first-order valence-electron chi connectivity index (χ1n) is 6.55. The van der Waals surface area contributed by atoms with Gasteiger partial charge < -0.3 is 10.4 Å². The Morgan fingerprint density at radius 1 is 1.28 bits per heavy atom. The van der Waals surface area contributed by atoms with Gasteiger partial charge in [0.2, 0.25) is 0 Å². The molecule has 2 N–H and O–H groups in total. The van der Waals surface area contributed by atoms with Crippen molar-refractivity contribution in [2.45, 2.75) is 32.3 Å². The highest BCUT2D eigenvalue weighted by molar-refractivity contribution is 7.17. The van der Waals surface area contributed by atoms with Crippen LogP contribution in [0.1, 0.15) is 32.3 Å². The lowest BCUT2D eigenvalue weighted by Gasteiger charge is -2.24. The van der Waals surface area contributed by atoms with E-state index in [2.05, 4.69) is 29.8 Å². The molecule has 1 aromatic carbocycles. The van der Waals surface area contributed by atoms with E-state index in [9.17, 15) is 5.11 Å². The molecule has 2 rings (SSSR count). The molecule has 0 bridgehead atoms. The van der Waals surface area contributed by atoms with Gasteiger partial charge in [-0.1, -0.05) is 25.1 Å². The number of hydrogen-bond donors (Lipinski definition) is 2. The molecule has 98 valence electrons. The fourth-order valence-electron chi connectivity index (χ4n) is 2.19. The largest absolute Gasteiger partial charge is 0.385 e. The van der Waals surface area contributed by atoms with Crippen LogP contribution in [0.2, 0.25) is 0 Å². The summed E-state index contributed by atoms with van der Waals surface area (Å²) in [6.45, 7) is 5.93. The Labute approximate surface area is 113 Å². The van der Waals surface area contributed by atoms with Crippen LogP contribution in [0.4, 0.5) is 0 Å². The number of fused-ring (bicyclic) bond motifs is 1. The molecule has 0 aliphatic heterocycles. The molecule has 0 radical (unpaired) electrons. The summed E-state index contributed by atoms with van der Waals surface area (Å²) in [6, 6.07) is 8.27. The Hall–Kier alpha value is -0.900. The second-order valence-corrected chi connectivity index (χ2v) is 5.83. The third-order valence-electron chi connectivity index (χ3n) is 3.27. The molecule has 1 aromatic heterocycles. The molecule has 1 unspecified atom stereocenters. The fraction of sp³-hybridized carbons (Fsp3) is 0.467. The molecule has 3 heteroatoms. The van der Waals surface area contributed by atoms with Crippen molar-refractivity contribution in [2.75, 3.05) is 13.1 Å². The maximum absolute atomic E-state index is 10.7. The molecule has 0 amide bonds.